The van der Waals surface area contributed by atoms with Crippen molar-refractivity contribution in [2.24, 2.45) is 39.9 Å². The van der Waals surface area contributed by atoms with Crippen LogP contribution in [0.3, 0.4) is 0 Å². The predicted octanol–water partition coefficient (Wildman–Crippen LogP) is 6.16. The van der Waals surface area contributed by atoms with Crippen LogP contribution in [0.25, 0.3) is 0 Å². The Hall–Kier alpha value is -1.05. The topological polar surface area (TPSA) is 30.2 Å². The van der Waals surface area contributed by atoms with Gasteiger partial charge < -0.3 is 4.42 Å². The van der Waals surface area contributed by atoms with E-state index in [1.807, 2.05) is 6.07 Å². The van der Waals surface area contributed by atoms with E-state index in [2.05, 4.69) is 13.8 Å². The Kier molecular flexibility index (Phi) is 3.31. The van der Waals surface area contributed by atoms with Crippen LogP contribution in [0.2, 0.25) is 0 Å². The van der Waals surface area contributed by atoms with Crippen LogP contribution in [-0.4, -0.2) is 0 Å². The van der Waals surface area contributed by atoms with Gasteiger partial charge in [0, 0.05) is 6.07 Å². The first kappa shape index (κ1) is 16.9. The van der Waals surface area contributed by atoms with Gasteiger partial charge in [-0.15, -0.1) is 0 Å². The van der Waals surface area contributed by atoms with E-state index in [0.717, 1.165) is 29.1 Å². The first-order chi connectivity index (χ1) is 13.0. The fourth-order valence-corrected chi connectivity index (χ4v) is 9.59. The lowest BCUT2D eigenvalue weighted by molar-refractivity contribution is -0.117. The van der Waals surface area contributed by atoms with Gasteiger partial charge in [0.15, 0.2) is 0 Å². The molecule has 2 unspecified atom stereocenters. The molecule has 146 valence electrons. The third-order valence-corrected chi connectivity index (χ3v) is 10.9. The molecule has 0 saturated heterocycles. The maximum Gasteiger partial charge on any atom is 0.335 e. The summed E-state index contributed by atoms with van der Waals surface area (Å²) in [4.78, 5) is 11.4. The summed E-state index contributed by atoms with van der Waals surface area (Å²) in [5, 5.41) is 0. The van der Waals surface area contributed by atoms with Crippen molar-refractivity contribution in [3.8, 4) is 0 Å². The summed E-state index contributed by atoms with van der Waals surface area (Å²) in [5.41, 5.74) is 2.85. The van der Waals surface area contributed by atoms with Crippen molar-refractivity contribution in [1.29, 1.82) is 0 Å². The van der Waals surface area contributed by atoms with Crippen molar-refractivity contribution in [2.45, 2.75) is 84.0 Å². The second-order valence-corrected chi connectivity index (χ2v) is 11.3. The van der Waals surface area contributed by atoms with Crippen LogP contribution in [0.5, 0.6) is 0 Å². The second-order valence-electron chi connectivity index (χ2n) is 11.3. The van der Waals surface area contributed by atoms with Gasteiger partial charge in [-0.25, -0.2) is 4.79 Å². The summed E-state index contributed by atoms with van der Waals surface area (Å²) >= 11 is 0. The van der Waals surface area contributed by atoms with Crippen LogP contribution in [0, 0.1) is 39.9 Å². The molecule has 5 fully saturated rings. The fourth-order valence-electron chi connectivity index (χ4n) is 9.59. The molecule has 0 aliphatic heterocycles. The van der Waals surface area contributed by atoms with Crippen molar-refractivity contribution < 1.29 is 4.42 Å². The molecule has 0 amide bonds. The normalized spacial score (nSPS) is 53.0. The maximum atomic E-state index is 11.4. The van der Waals surface area contributed by atoms with Gasteiger partial charge in [0.1, 0.15) is 0 Å². The van der Waals surface area contributed by atoms with E-state index in [-0.39, 0.29) is 5.63 Å². The summed E-state index contributed by atoms with van der Waals surface area (Å²) in [6, 6.07) is 3.67. The minimum absolute atomic E-state index is 0.219. The predicted molar refractivity (Wildman–Crippen MR) is 106 cm³/mol. The zero-order chi connectivity index (χ0) is 18.4. The van der Waals surface area contributed by atoms with Crippen LogP contribution in [0.4, 0.5) is 0 Å². The third-order valence-electron chi connectivity index (χ3n) is 10.9. The zero-order valence-electron chi connectivity index (χ0n) is 17.0. The molecule has 1 aromatic rings. The van der Waals surface area contributed by atoms with Gasteiger partial charge in [0.05, 0.1) is 6.26 Å². The molecule has 6 rings (SSSR count). The first-order valence-corrected chi connectivity index (χ1v) is 11.6. The molecule has 0 bridgehead atoms. The average Bonchev–Trinajstić information content (AvgIpc) is 3.28. The molecule has 5 aliphatic carbocycles. The number of fused-ring (bicyclic) bond motifs is 4. The summed E-state index contributed by atoms with van der Waals surface area (Å²) in [6.45, 7) is 5.29. The summed E-state index contributed by atoms with van der Waals surface area (Å²) < 4.78 is 5.25. The van der Waals surface area contributed by atoms with Crippen LogP contribution in [0.15, 0.2) is 27.6 Å². The largest absolute Gasteiger partial charge is 0.431 e. The van der Waals surface area contributed by atoms with E-state index in [1.165, 1.54) is 63.4 Å². The lowest BCUT2D eigenvalue weighted by Crippen LogP contribution is -2.53. The second kappa shape index (κ2) is 5.30. The van der Waals surface area contributed by atoms with Crippen molar-refractivity contribution in [3.05, 3.63) is 34.4 Å². The van der Waals surface area contributed by atoms with E-state index in [9.17, 15) is 4.79 Å². The molecule has 5 saturated carbocycles. The highest BCUT2D eigenvalue weighted by Gasteiger charge is 2.71. The zero-order valence-corrected chi connectivity index (χ0v) is 17.0. The van der Waals surface area contributed by atoms with Gasteiger partial charge in [-0.1, -0.05) is 20.3 Å². The van der Waals surface area contributed by atoms with E-state index < -0.39 is 0 Å². The van der Waals surface area contributed by atoms with Gasteiger partial charge in [-0.3, -0.25) is 0 Å². The van der Waals surface area contributed by atoms with E-state index in [4.69, 9.17) is 4.42 Å². The highest BCUT2D eigenvalue weighted by Crippen LogP contribution is 2.80. The number of rotatable bonds is 1. The molecule has 2 nitrogen and oxygen atoms in total. The molecule has 0 aromatic carbocycles. The molecule has 0 N–H and O–H groups in total. The van der Waals surface area contributed by atoms with Crippen molar-refractivity contribution in [1.82, 2.24) is 0 Å². The molecule has 8 atom stereocenters. The van der Waals surface area contributed by atoms with Gasteiger partial charge >= 0.3 is 5.63 Å². The quantitative estimate of drug-likeness (QED) is 0.596. The van der Waals surface area contributed by atoms with Crippen LogP contribution >= 0.6 is 0 Å². The van der Waals surface area contributed by atoms with Crippen molar-refractivity contribution >= 4 is 0 Å². The van der Waals surface area contributed by atoms with Crippen LogP contribution in [-0.2, 0) is 0 Å². The third kappa shape index (κ3) is 2.01. The maximum absolute atomic E-state index is 11.4. The highest BCUT2D eigenvalue weighted by atomic mass is 16.4. The van der Waals surface area contributed by atoms with Crippen molar-refractivity contribution in [2.75, 3.05) is 0 Å². The molecule has 27 heavy (non-hydrogen) atoms. The first-order valence-electron chi connectivity index (χ1n) is 11.6. The van der Waals surface area contributed by atoms with Crippen molar-refractivity contribution in [3.63, 3.8) is 0 Å². The van der Waals surface area contributed by atoms with E-state index in [0.29, 0.717) is 16.7 Å². The Labute approximate surface area is 163 Å². The lowest BCUT2D eigenvalue weighted by atomic mass is 9.44. The number of hydrogen-bond donors (Lipinski definition) is 0. The highest BCUT2D eigenvalue weighted by molar-refractivity contribution is 5.25. The van der Waals surface area contributed by atoms with Gasteiger partial charge in [-0.05, 0) is 115 Å². The molecule has 1 spiro atoms. The van der Waals surface area contributed by atoms with Gasteiger partial charge in [0.2, 0.25) is 0 Å². The van der Waals surface area contributed by atoms with Crippen LogP contribution < -0.4 is 5.63 Å². The Morgan fingerprint density at radius 1 is 0.963 bits per heavy atom. The van der Waals surface area contributed by atoms with Crippen LogP contribution in [0.1, 0.15) is 89.5 Å². The number of hydrogen-bond acceptors (Lipinski definition) is 2. The molecule has 2 heteroatoms. The minimum Gasteiger partial charge on any atom is -0.431 e. The summed E-state index contributed by atoms with van der Waals surface area (Å²) in [5.74, 6) is 4.45. The molecule has 5 aliphatic rings. The Morgan fingerprint density at radius 3 is 2.67 bits per heavy atom. The molecular weight excluding hydrogens is 332 g/mol. The van der Waals surface area contributed by atoms with Gasteiger partial charge in [0.25, 0.3) is 0 Å². The Balaban J connectivity index is 1.33. The van der Waals surface area contributed by atoms with E-state index >= 15 is 0 Å². The fraction of sp³-hybridized carbons (Fsp3) is 0.800. The minimum atomic E-state index is -0.219. The molecule has 1 aromatic heterocycles. The van der Waals surface area contributed by atoms with E-state index in [1.54, 1.807) is 18.8 Å². The lowest BCUT2D eigenvalue weighted by Gasteiger charge is -2.61. The standard InChI is InChI=1S/C25H34O2/c1-23-12-10-21-18(9-13-25-14-17(25)4-3-11-24(21,25)2)20(23)7-6-19(23)16-5-8-22(26)27-15-16/h5,8,15,17-21H,3-4,6-7,9-14H2,1-2H3/t17?,18-,19+,20-,21-,23+,24+,25?/m0/s1. The Morgan fingerprint density at radius 2 is 1.85 bits per heavy atom. The smallest absolute Gasteiger partial charge is 0.335 e. The summed E-state index contributed by atoms with van der Waals surface area (Å²) in [6.07, 6.45) is 16.3. The molecule has 0 radical (unpaired) electrons. The summed E-state index contributed by atoms with van der Waals surface area (Å²) in [7, 11) is 0. The SMILES string of the molecule is C[C@]12CC[C@H]3[C@@H](CCC45CC4CCC[C@]35C)[C@@H]1CC[C@@H]2c1ccc(=O)oc1. The monoisotopic (exact) mass is 366 g/mol. The van der Waals surface area contributed by atoms with Gasteiger partial charge in [-0.2, -0.15) is 0 Å². The average molecular weight is 367 g/mol. The molecular formula is C25H34O2. The molecule has 1 heterocycles. The Bertz CT molecular complexity index is 805.